The van der Waals surface area contributed by atoms with Crippen molar-refractivity contribution in [3.8, 4) is 0 Å². The Morgan fingerprint density at radius 3 is 3.19 bits per heavy atom. The lowest BCUT2D eigenvalue weighted by molar-refractivity contribution is 0.291. The second-order valence-electron chi connectivity index (χ2n) is 3.89. The van der Waals surface area contributed by atoms with Gasteiger partial charge in [-0.2, -0.15) is 5.10 Å². The molecule has 4 nitrogen and oxygen atoms in total. The van der Waals surface area contributed by atoms with Crippen LogP contribution in [0.5, 0.6) is 0 Å². The van der Waals surface area contributed by atoms with E-state index in [1.54, 1.807) is 11.3 Å². The van der Waals surface area contributed by atoms with Crippen LogP contribution in [0.15, 0.2) is 22.7 Å². The summed E-state index contributed by atoms with van der Waals surface area (Å²) in [6, 6.07) is 2.33. The Balaban J connectivity index is 2.17. The van der Waals surface area contributed by atoms with Crippen LogP contribution < -0.4 is 5.73 Å². The highest BCUT2D eigenvalue weighted by atomic mass is 32.1. The van der Waals surface area contributed by atoms with Crippen LogP contribution in [0.3, 0.4) is 0 Å². The summed E-state index contributed by atoms with van der Waals surface area (Å²) in [6.07, 6.45) is 4.76. The van der Waals surface area contributed by atoms with Crippen molar-refractivity contribution in [3.05, 3.63) is 23.2 Å². The van der Waals surface area contributed by atoms with Gasteiger partial charge in [0, 0.05) is 41.5 Å². The maximum Gasteiger partial charge on any atom is 0.132 e. The molecule has 0 saturated heterocycles. The third kappa shape index (κ3) is 1.28. The quantitative estimate of drug-likeness (QED) is 0.820. The highest BCUT2D eigenvalue weighted by Crippen LogP contribution is 2.35. The lowest BCUT2D eigenvalue weighted by Crippen LogP contribution is -2.14. The summed E-state index contributed by atoms with van der Waals surface area (Å²) in [5, 5.41) is 9.36. The zero-order valence-corrected chi connectivity index (χ0v) is 9.74. The molecule has 0 spiro atoms. The first-order chi connectivity index (χ1) is 7.77. The van der Waals surface area contributed by atoms with E-state index in [-0.39, 0.29) is 0 Å². The molecule has 1 aliphatic heterocycles. The lowest BCUT2D eigenvalue weighted by atomic mass is 10.1. The van der Waals surface area contributed by atoms with E-state index in [2.05, 4.69) is 15.5 Å². The Bertz CT molecular complexity index is 560. The molecule has 1 atom stereocenters. The molecule has 82 valence electrons. The normalized spacial score (nSPS) is 19.8. The van der Waals surface area contributed by atoms with Crippen LogP contribution in [-0.4, -0.2) is 23.3 Å². The fourth-order valence-electron chi connectivity index (χ4n) is 2.08. The number of nitrogen functional groups attached to an aromatic ring is 1. The van der Waals surface area contributed by atoms with E-state index in [9.17, 15) is 0 Å². The lowest BCUT2D eigenvalue weighted by Gasteiger charge is -2.19. The molecule has 5 heteroatoms. The number of aromatic nitrogens is 1. The standard InChI is InChI=1S/C11H12N4S/c1-15-9(2-4-14-15)8-6-13-11(12)7-3-5-16-10(7)8/h3-6,9H,2H2,1H3,(H2,12,13). The van der Waals surface area contributed by atoms with E-state index in [1.165, 1.54) is 10.3 Å². The predicted octanol–water partition coefficient (Wildman–Crippen LogP) is 2.24. The molecule has 0 radical (unpaired) electrons. The Morgan fingerprint density at radius 1 is 1.56 bits per heavy atom. The van der Waals surface area contributed by atoms with E-state index in [4.69, 9.17) is 5.73 Å². The predicted molar refractivity (Wildman–Crippen MR) is 67.6 cm³/mol. The number of hydrogen-bond acceptors (Lipinski definition) is 5. The van der Waals surface area contributed by atoms with Gasteiger partial charge in [0.15, 0.2) is 0 Å². The zero-order chi connectivity index (χ0) is 11.1. The zero-order valence-electron chi connectivity index (χ0n) is 8.92. The molecule has 16 heavy (non-hydrogen) atoms. The monoisotopic (exact) mass is 232 g/mol. The molecule has 0 fully saturated rings. The summed E-state index contributed by atoms with van der Waals surface area (Å²) < 4.78 is 1.23. The topological polar surface area (TPSA) is 54.5 Å². The van der Waals surface area contributed by atoms with Crippen LogP contribution in [0.25, 0.3) is 10.1 Å². The van der Waals surface area contributed by atoms with Crippen molar-refractivity contribution in [1.29, 1.82) is 0 Å². The summed E-state index contributed by atoms with van der Waals surface area (Å²) in [5.41, 5.74) is 7.08. The van der Waals surface area contributed by atoms with Crippen molar-refractivity contribution in [1.82, 2.24) is 9.99 Å². The summed E-state index contributed by atoms with van der Waals surface area (Å²) in [5.74, 6) is 0.613. The van der Waals surface area contributed by atoms with Gasteiger partial charge in [0.05, 0.1) is 6.04 Å². The molecule has 0 amide bonds. The first-order valence-electron chi connectivity index (χ1n) is 5.14. The molecule has 0 saturated carbocycles. The number of nitrogens with two attached hydrogens (primary N) is 1. The van der Waals surface area contributed by atoms with Crippen molar-refractivity contribution >= 4 is 33.5 Å². The van der Waals surface area contributed by atoms with Crippen LogP contribution in [0, 0.1) is 0 Å². The number of nitrogens with zero attached hydrogens (tertiary/aromatic N) is 3. The number of hydrogen-bond donors (Lipinski definition) is 1. The van der Waals surface area contributed by atoms with E-state index in [0.717, 1.165) is 11.8 Å². The minimum atomic E-state index is 0.300. The summed E-state index contributed by atoms with van der Waals surface area (Å²) >= 11 is 1.71. The summed E-state index contributed by atoms with van der Waals surface area (Å²) in [6.45, 7) is 0. The van der Waals surface area contributed by atoms with Crippen molar-refractivity contribution < 1.29 is 0 Å². The average molecular weight is 232 g/mol. The Labute approximate surface area is 97.4 Å². The number of pyridine rings is 1. The first kappa shape index (κ1) is 9.59. The van der Waals surface area contributed by atoms with Gasteiger partial charge in [-0.25, -0.2) is 4.98 Å². The summed E-state index contributed by atoms with van der Waals surface area (Å²) in [7, 11) is 1.99. The Hall–Kier alpha value is -1.62. The van der Waals surface area contributed by atoms with E-state index < -0.39 is 0 Å². The van der Waals surface area contributed by atoms with Crippen molar-refractivity contribution in [2.45, 2.75) is 12.5 Å². The van der Waals surface area contributed by atoms with Gasteiger partial charge >= 0.3 is 0 Å². The van der Waals surface area contributed by atoms with Crippen molar-refractivity contribution in [2.75, 3.05) is 12.8 Å². The number of fused-ring (bicyclic) bond motifs is 1. The van der Waals surface area contributed by atoms with Gasteiger partial charge in [-0.15, -0.1) is 11.3 Å². The molecular formula is C11H12N4S. The minimum absolute atomic E-state index is 0.300. The maximum atomic E-state index is 5.85. The molecule has 0 aromatic carbocycles. The Morgan fingerprint density at radius 2 is 2.44 bits per heavy atom. The van der Waals surface area contributed by atoms with Gasteiger partial charge in [-0.3, -0.25) is 5.01 Å². The van der Waals surface area contributed by atoms with E-state index >= 15 is 0 Å². The molecule has 3 heterocycles. The fraction of sp³-hybridized carbons (Fsp3) is 0.273. The third-order valence-corrected chi connectivity index (χ3v) is 3.91. The van der Waals surface area contributed by atoms with Crippen molar-refractivity contribution in [3.63, 3.8) is 0 Å². The SMILES string of the molecule is CN1N=CCC1c1cnc(N)c2ccsc12. The molecule has 3 rings (SSSR count). The van der Waals surface area contributed by atoms with Crippen LogP contribution in [0.4, 0.5) is 5.82 Å². The highest BCUT2D eigenvalue weighted by Gasteiger charge is 2.22. The maximum absolute atomic E-state index is 5.85. The largest absolute Gasteiger partial charge is 0.383 e. The van der Waals surface area contributed by atoms with E-state index in [0.29, 0.717) is 11.9 Å². The van der Waals surface area contributed by atoms with Gasteiger partial charge in [0.2, 0.25) is 0 Å². The molecule has 0 aliphatic carbocycles. The van der Waals surface area contributed by atoms with Crippen LogP contribution >= 0.6 is 11.3 Å². The second kappa shape index (κ2) is 3.45. The van der Waals surface area contributed by atoms with E-state index in [1.807, 2.05) is 30.5 Å². The third-order valence-electron chi connectivity index (χ3n) is 2.95. The van der Waals surface area contributed by atoms with Gasteiger partial charge in [0.25, 0.3) is 0 Å². The highest BCUT2D eigenvalue weighted by molar-refractivity contribution is 7.17. The molecule has 2 aromatic rings. The van der Waals surface area contributed by atoms with Gasteiger partial charge in [0.1, 0.15) is 5.82 Å². The number of hydrazone groups is 1. The van der Waals surface area contributed by atoms with Gasteiger partial charge in [-0.05, 0) is 11.4 Å². The molecule has 2 aromatic heterocycles. The first-order valence-corrected chi connectivity index (χ1v) is 6.02. The van der Waals surface area contributed by atoms with Gasteiger partial charge in [-0.1, -0.05) is 0 Å². The molecule has 0 bridgehead atoms. The molecular weight excluding hydrogens is 220 g/mol. The summed E-state index contributed by atoms with van der Waals surface area (Å²) in [4.78, 5) is 4.26. The second-order valence-corrected chi connectivity index (χ2v) is 4.80. The molecule has 2 N–H and O–H groups in total. The Kier molecular flexibility index (Phi) is 2.07. The number of thiophene rings is 1. The smallest absolute Gasteiger partial charge is 0.132 e. The van der Waals surface area contributed by atoms with Crippen LogP contribution in [0.1, 0.15) is 18.0 Å². The number of anilines is 1. The number of rotatable bonds is 1. The van der Waals surface area contributed by atoms with Crippen LogP contribution in [-0.2, 0) is 0 Å². The average Bonchev–Trinajstić information content (AvgIpc) is 2.88. The van der Waals surface area contributed by atoms with Crippen LogP contribution in [0.2, 0.25) is 0 Å². The molecule has 1 unspecified atom stereocenters. The molecule has 1 aliphatic rings. The van der Waals surface area contributed by atoms with Crippen molar-refractivity contribution in [2.24, 2.45) is 5.10 Å². The minimum Gasteiger partial charge on any atom is -0.383 e. The van der Waals surface area contributed by atoms with Gasteiger partial charge < -0.3 is 5.73 Å². The fourth-order valence-corrected chi connectivity index (χ4v) is 3.04.